The third-order valence-corrected chi connectivity index (χ3v) is 5.15. The van der Waals surface area contributed by atoms with E-state index in [0.29, 0.717) is 29.9 Å². The average molecular weight is 477 g/mol. The molecule has 186 valence electrons. The molecule has 11 heteroatoms. The van der Waals surface area contributed by atoms with Crippen molar-refractivity contribution in [3.05, 3.63) is 44.6 Å². The number of aromatic amines is 1. The number of ether oxygens (including phenoxy) is 3. The number of nitrogens with one attached hydrogen (secondary N) is 1. The number of unbranched alkanes of at least 4 members (excludes halogenated alkanes) is 1. The van der Waals surface area contributed by atoms with E-state index < -0.39 is 29.7 Å². The first kappa shape index (κ1) is 26.5. The molecular formula is C23H32N4O7. The maximum Gasteiger partial charge on any atom is 0.330 e. The summed E-state index contributed by atoms with van der Waals surface area (Å²) in [7, 11) is 2.99. The number of nitrogen functional groups attached to an aromatic ring is 1. The number of anilines is 2. The Morgan fingerprint density at radius 3 is 2.47 bits per heavy atom. The van der Waals surface area contributed by atoms with Crippen LogP contribution in [-0.2, 0) is 27.3 Å². The van der Waals surface area contributed by atoms with E-state index in [1.54, 1.807) is 18.2 Å². The Bertz CT molecular complexity index is 1120. The van der Waals surface area contributed by atoms with Gasteiger partial charge in [-0.2, -0.15) is 0 Å². The van der Waals surface area contributed by atoms with E-state index in [1.165, 1.54) is 23.7 Å². The van der Waals surface area contributed by atoms with E-state index in [1.807, 2.05) is 13.8 Å². The van der Waals surface area contributed by atoms with Crippen LogP contribution in [0.5, 0.6) is 11.5 Å². The first-order valence-corrected chi connectivity index (χ1v) is 11.1. The van der Waals surface area contributed by atoms with Crippen molar-refractivity contribution in [3.8, 4) is 11.5 Å². The molecule has 1 amide bonds. The minimum atomic E-state index is -0.770. The van der Waals surface area contributed by atoms with Crippen LogP contribution in [0.2, 0.25) is 0 Å². The zero-order chi connectivity index (χ0) is 25.3. The van der Waals surface area contributed by atoms with Gasteiger partial charge in [0.1, 0.15) is 17.3 Å². The first-order valence-electron chi connectivity index (χ1n) is 11.1. The number of benzene rings is 1. The summed E-state index contributed by atoms with van der Waals surface area (Å²) in [5, 5.41) is 0. The summed E-state index contributed by atoms with van der Waals surface area (Å²) in [5.41, 5.74) is 5.14. The number of hydrogen-bond donors (Lipinski definition) is 2. The highest BCUT2D eigenvalue weighted by Gasteiger charge is 2.25. The Morgan fingerprint density at radius 2 is 1.85 bits per heavy atom. The molecule has 0 unspecified atom stereocenters. The summed E-state index contributed by atoms with van der Waals surface area (Å²) in [4.78, 5) is 53.5. The number of carbonyl (C=O) groups excluding carboxylic acids is 2. The zero-order valence-electron chi connectivity index (χ0n) is 20.0. The molecule has 0 bridgehead atoms. The summed E-state index contributed by atoms with van der Waals surface area (Å²) in [5.74, 6) is -0.352. The Morgan fingerprint density at radius 1 is 1.12 bits per heavy atom. The molecule has 11 nitrogen and oxygen atoms in total. The van der Waals surface area contributed by atoms with Crippen molar-refractivity contribution < 1.29 is 23.8 Å². The lowest BCUT2D eigenvalue weighted by Crippen LogP contribution is -2.43. The van der Waals surface area contributed by atoms with Gasteiger partial charge in [0, 0.05) is 24.7 Å². The molecule has 0 aliphatic carbocycles. The van der Waals surface area contributed by atoms with Gasteiger partial charge in [-0.25, -0.2) is 4.79 Å². The van der Waals surface area contributed by atoms with Gasteiger partial charge in [-0.05, 0) is 18.9 Å². The van der Waals surface area contributed by atoms with Crippen LogP contribution in [0.15, 0.2) is 27.8 Å². The summed E-state index contributed by atoms with van der Waals surface area (Å²) in [6.07, 6.45) is 1.80. The predicted octanol–water partition coefficient (Wildman–Crippen LogP) is 1.47. The standard InChI is InChI=1S/C23H32N4O7/c1-5-7-11-26(20-21(24)27(10-6-2)23(31)25-22(20)30)18(28)14-34-19(29)12-15-8-9-16(32-3)13-17(15)33-4/h8-9,13H,5-7,10-12,14,24H2,1-4H3,(H,25,30,31). The lowest BCUT2D eigenvalue weighted by Gasteiger charge is -2.24. The largest absolute Gasteiger partial charge is 0.497 e. The van der Waals surface area contributed by atoms with Crippen LogP contribution in [0.25, 0.3) is 0 Å². The molecule has 2 rings (SSSR count). The van der Waals surface area contributed by atoms with Gasteiger partial charge in [0.2, 0.25) is 0 Å². The maximum absolute atomic E-state index is 13.0. The normalized spacial score (nSPS) is 10.6. The molecule has 1 aromatic heterocycles. The third-order valence-electron chi connectivity index (χ3n) is 5.15. The lowest BCUT2D eigenvalue weighted by atomic mass is 10.1. The molecule has 0 saturated heterocycles. The van der Waals surface area contributed by atoms with Crippen molar-refractivity contribution in [3.63, 3.8) is 0 Å². The number of carbonyl (C=O) groups is 2. The highest BCUT2D eigenvalue weighted by molar-refractivity contribution is 5.97. The molecule has 3 N–H and O–H groups in total. The second-order valence-corrected chi connectivity index (χ2v) is 7.56. The predicted molar refractivity (Wildman–Crippen MR) is 127 cm³/mol. The van der Waals surface area contributed by atoms with Crippen LogP contribution in [0.4, 0.5) is 11.5 Å². The number of methoxy groups -OCH3 is 2. The van der Waals surface area contributed by atoms with Crippen LogP contribution in [0, 0.1) is 0 Å². The van der Waals surface area contributed by atoms with Crippen LogP contribution in [-0.4, -0.2) is 48.8 Å². The monoisotopic (exact) mass is 476 g/mol. The number of H-pyrrole nitrogens is 1. The van der Waals surface area contributed by atoms with Gasteiger partial charge in [-0.1, -0.05) is 26.3 Å². The van der Waals surface area contributed by atoms with E-state index in [0.717, 1.165) is 6.42 Å². The van der Waals surface area contributed by atoms with Gasteiger partial charge < -0.3 is 24.8 Å². The van der Waals surface area contributed by atoms with Gasteiger partial charge in [-0.15, -0.1) is 0 Å². The number of nitrogens with two attached hydrogens (primary N) is 1. The van der Waals surface area contributed by atoms with E-state index in [-0.39, 0.29) is 31.0 Å². The van der Waals surface area contributed by atoms with Gasteiger partial charge in [0.05, 0.1) is 20.6 Å². The number of hydrogen-bond acceptors (Lipinski definition) is 8. The Hall–Kier alpha value is -3.76. The van der Waals surface area contributed by atoms with Crippen molar-refractivity contribution >= 4 is 23.4 Å². The molecule has 0 aliphatic rings. The highest BCUT2D eigenvalue weighted by atomic mass is 16.5. The van der Waals surface area contributed by atoms with Crippen LogP contribution >= 0.6 is 0 Å². The Balaban J connectivity index is 2.21. The topological polar surface area (TPSA) is 146 Å². The quantitative estimate of drug-likeness (QED) is 0.438. The minimum absolute atomic E-state index is 0.102. The number of aromatic nitrogens is 2. The van der Waals surface area contributed by atoms with Crippen molar-refractivity contribution in [1.82, 2.24) is 9.55 Å². The van der Waals surface area contributed by atoms with E-state index in [2.05, 4.69) is 4.98 Å². The number of amides is 1. The van der Waals surface area contributed by atoms with Crippen molar-refractivity contribution in [2.24, 2.45) is 0 Å². The minimum Gasteiger partial charge on any atom is -0.497 e. The molecule has 34 heavy (non-hydrogen) atoms. The van der Waals surface area contributed by atoms with Gasteiger partial charge >= 0.3 is 11.7 Å². The Kier molecular flexibility index (Phi) is 9.72. The molecule has 0 spiro atoms. The van der Waals surface area contributed by atoms with Gasteiger partial charge in [-0.3, -0.25) is 23.9 Å². The maximum atomic E-state index is 13.0. The summed E-state index contributed by atoms with van der Waals surface area (Å²) in [6.45, 7) is 3.65. The molecule has 0 atom stereocenters. The molecule has 1 aromatic carbocycles. The molecule has 0 radical (unpaired) electrons. The number of rotatable bonds is 12. The van der Waals surface area contributed by atoms with E-state index >= 15 is 0 Å². The van der Waals surface area contributed by atoms with Crippen LogP contribution < -0.4 is 31.4 Å². The summed E-state index contributed by atoms with van der Waals surface area (Å²) < 4.78 is 16.8. The first-order chi connectivity index (χ1) is 16.3. The SMILES string of the molecule is CCCCN(C(=O)COC(=O)Cc1ccc(OC)cc1OC)c1c(N)n(CCC)c(=O)[nH]c1=O. The molecule has 0 saturated carbocycles. The highest BCUT2D eigenvalue weighted by Crippen LogP contribution is 2.25. The fourth-order valence-corrected chi connectivity index (χ4v) is 3.39. The molecular weight excluding hydrogens is 444 g/mol. The number of nitrogens with zero attached hydrogens (tertiary/aromatic N) is 2. The second kappa shape index (κ2) is 12.5. The van der Waals surface area contributed by atoms with Crippen molar-refractivity contribution in [2.45, 2.75) is 46.1 Å². The fraction of sp³-hybridized carbons (Fsp3) is 0.478. The van der Waals surface area contributed by atoms with Crippen LogP contribution in [0.3, 0.4) is 0 Å². The van der Waals surface area contributed by atoms with E-state index in [4.69, 9.17) is 19.9 Å². The van der Waals surface area contributed by atoms with Gasteiger partial charge in [0.25, 0.3) is 11.5 Å². The second-order valence-electron chi connectivity index (χ2n) is 7.56. The molecule has 0 fully saturated rings. The molecule has 2 aromatic rings. The zero-order valence-corrected chi connectivity index (χ0v) is 20.0. The smallest absolute Gasteiger partial charge is 0.330 e. The van der Waals surface area contributed by atoms with E-state index in [9.17, 15) is 19.2 Å². The van der Waals surface area contributed by atoms with Gasteiger partial charge in [0.15, 0.2) is 12.3 Å². The Labute approximate surface area is 197 Å². The number of esters is 1. The average Bonchev–Trinajstić information content (AvgIpc) is 2.82. The summed E-state index contributed by atoms with van der Waals surface area (Å²) in [6, 6.07) is 5.00. The summed E-state index contributed by atoms with van der Waals surface area (Å²) >= 11 is 0. The molecule has 1 heterocycles. The van der Waals surface area contributed by atoms with Crippen LogP contribution in [0.1, 0.15) is 38.7 Å². The lowest BCUT2D eigenvalue weighted by molar-refractivity contribution is -0.147. The molecule has 0 aliphatic heterocycles. The van der Waals surface area contributed by atoms with Crippen molar-refractivity contribution in [2.75, 3.05) is 38.0 Å². The van der Waals surface area contributed by atoms with Crippen molar-refractivity contribution in [1.29, 1.82) is 0 Å². The fourth-order valence-electron chi connectivity index (χ4n) is 3.39. The third kappa shape index (κ3) is 6.40.